The largest absolute Gasteiger partial charge is 0.352 e. The summed E-state index contributed by atoms with van der Waals surface area (Å²) in [7, 11) is 1.84. The topological polar surface area (TPSA) is 98.0 Å². The minimum atomic E-state index is -0.467. The number of rotatable bonds is 7. The number of hydrogen-bond donors (Lipinski definition) is 2. The van der Waals surface area contributed by atoms with Crippen molar-refractivity contribution in [2.24, 2.45) is 13.0 Å². The minimum absolute atomic E-state index is 0.0575. The number of nitrogens with zero attached hydrogens (tertiary/aromatic N) is 3. The maximum Gasteiger partial charge on any atom is 0.263 e. The van der Waals surface area contributed by atoms with Crippen molar-refractivity contribution in [3.63, 3.8) is 0 Å². The zero-order chi connectivity index (χ0) is 19.6. The van der Waals surface area contributed by atoms with Gasteiger partial charge in [-0.25, -0.2) is 0 Å². The summed E-state index contributed by atoms with van der Waals surface area (Å²) in [6.07, 6.45) is 5.47. The van der Waals surface area contributed by atoms with E-state index in [0.29, 0.717) is 12.5 Å². The molecule has 0 saturated heterocycles. The second-order valence-corrected chi connectivity index (χ2v) is 7.11. The maximum absolute atomic E-state index is 12.5. The van der Waals surface area contributed by atoms with Gasteiger partial charge in [-0.2, -0.15) is 5.10 Å². The molecule has 0 aliphatic heterocycles. The normalized spacial score (nSPS) is 14.6. The van der Waals surface area contributed by atoms with Crippen LogP contribution in [0.5, 0.6) is 0 Å². The molecule has 0 bridgehead atoms. The number of carbonyl (C=O) groups excluding carboxylic acids is 2. The van der Waals surface area contributed by atoms with Gasteiger partial charge in [-0.3, -0.25) is 19.1 Å². The molecule has 27 heavy (non-hydrogen) atoms. The number of nitrogens with one attached hydrogen (secondary N) is 2. The van der Waals surface area contributed by atoms with Gasteiger partial charge in [-0.1, -0.05) is 0 Å². The lowest BCUT2D eigenvalue weighted by atomic mass is 10.1. The number of pyridine rings is 1. The SMILES string of the molecule is Cc1c(C(C)NC(=O)Cn2cccc(C(=O)NCC3CC3)c2=O)cnn1C. The molecule has 1 aliphatic carbocycles. The van der Waals surface area contributed by atoms with E-state index in [9.17, 15) is 14.4 Å². The summed E-state index contributed by atoms with van der Waals surface area (Å²) in [5, 5.41) is 9.83. The van der Waals surface area contributed by atoms with Crippen LogP contribution in [0, 0.1) is 12.8 Å². The van der Waals surface area contributed by atoms with Crippen molar-refractivity contribution in [1.82, 2.24) is 25.0 Å². The van der Waals surface area contributed by atoms with Crippen molar-refractivity contribution < 1.29 is 9.59 Å². The van der Waals surface area contributed by atoms with Crippen LogP contribution >= 0.6 is 0 Å². The second-order valence-electron chi connectivity index (χ2n) is 7.11. The van der Waals surface area contributed by atoms with Crippen molar-refractivity contribution in [1.29, 1.82) is 0 Å². The van der Waals surface area contributed by atoms with Crippen molar-refractivity contribution in [2.75, 3.05) is 6.54 Å². The molecule has 144 valence electrons. The molecular weight excluding hydrogens is 346 g/mol. The van der Waals surface area contributed by atoms with Crippen molar-refractivity contribution in [2.45, 2.75) is 39.3 Å². The summed E-state index contributed by atoms with van der Waals surface area (Å²) in [4.78, 5) is 37.1. The second kappa shape index (κ2) is 7.77. The van der Waals surface area contributed by atoms with Gasteiger partial charge in [0.1, 0.15) is 12.1 Å². The molecule has 1 unspecified atom stereocenters. The van der Waals surface area contributed by atoms with Crippen LogP contribution in [-0.4, -0.2) is 32.7 Å². The maximum atomic E-state index is 12.5. The van der Waals surface area contributed by atoms with Crippen molar-refractivity contribution in [3.8, 4) is 0 Å². The third-order valence-corrected chi connectivity index (χ3v) is 4.94. The number of hydrogen-bond acceptors (Lipinski definition) is 4. The predicted molar refractivity (Wildman–Crippen MR) is 100 cm³/mol. The number of carbonyl (C=O) groups is 2. The lowest BCUT2D eigenvalue weighted by Crippen LogP contribution is -2.37. The van der Waals surface area contributed by atoms with E-state index < -0.39 is 5.56 Å². The highest BCUT2D eigenvalue weighted by molar-refractivity contribution is 5.93. The first-order valence-electron chi connectivity index (χ1n) is 9.12. The summed E-state index contributed by atoms with van der Waals surface area (Å²) < 4.78 is 3.00. The Bertz CT molecular complexity index is 910. The van der Waals surface area contributed by atoms with E-state index in [0.717, 1.165) is 24.1 Å². The van der Waals surface area contributed by atoms with E-state index in [4.69, 9.17) is 0 Å². The molecule has 2 aromatic heterocycles. The highest BCUT2D eigenvalue weighted by atomic mass is 16.2. The molecular formula is C19H25N5O3. The Kier molecular flexibility index (Phi) is 5.43. The molecule has 1 fully saturated rings. The Morgan fingerprint density at radius 3 is 2.74 bits per heavy atom. The van der Waals surface area contributed by atoms with Gasteiger partial charge in [0, 0.05) is 31.0 Å². The Hall–Kier alpha value is -2.90. The lowest BCUT2D eigenvalue weighted by Gasteiger charge is -2.15. The highest BCUT2D eigenvalue weighted by Gasteiger charge is 2.23. The molecule has 8 heteroatoms. The van der Waals surface area contributed by atoms with Gasteiger partial charge in [0.25, 0.3) is 11.5 Å². The van der Waals surface area contributed by atoms with Crippen LogP contribution in [0.3, 0.4) is 0 Å². The van der Waals surface area contributed by atoms with E-state index in [1.165, 1.54) is 16.8 Å². The minimum Gasteiger partial charge on any atom is -0.352 e. The van der Waals surface area contributed by atoms with Crippen LogP contribution < -0.4 is 16.2 Å². The quantitative estimate of drug-likeness (QED) is 0.756. The smallest absolute Gasteiger partial charge is 0.263 e. The van der Waals surface area contributed by atoms with E-state index in [1.807, 2.05) is 20.9 Å². The molecule has 3 rings (SSSR count). The monoisotopic (exact) mass is 371 g/mol. The molecule has 2 aromatic rings. The van der Waals surface area contributed by atoms with Gasteiger partial charge in [-0.15, -0.1) is 0 Å². The van der Waals surface area contributed by atoms with Gasteiger partial charge >= 0.3 is 0 Å². The molecule has 2 amide bonds. The number of amides is 2. The Morgan fingerprint density at radius 2 is 2.11 bits per heavy atom. The summed E-state index contributed by atoms with van der Waals surface area (Å²) in [5.74, 6) is -0.160. The predicted octanol–water partition coefficient (Wildman–Crippen LogP) is 0.907. The average molecular weight is 371 g/mol. The lowest BCUT2D eigenvalue weighted by molar-refractivity contribution is -0.122. The molecule has 1 atom stereocenters. The fourth-order valence-corrected chi connectivity index (χ4v) is 2.95. The van der Waals surface area contributed by atoms with Gasteiger partial charge in [0.05, 0.1) is 12.2 Å². The summed E-state index contributed by atoms with van der Waals surface area (Å²) in [6.45, 7) is 4.24. The van der Waals surface area contributed by atoms with Gasteiger partial charge in [-0.05, 0) is 44.7 Å². The first-order valence-corrected chi connectivity index (χ1v) is 9.12. The molecule has 0 radical (unpaired) electrons. The first kappa shape index (κ1) is 18.9. The van der Waals surface area contributed by atoms with Crippen LogP contribution in [0.15, 0.2) is 29.3 Å². The van der Waals surface area contributed by atoms with E-state index in [1.54, 1.807) is 16.9 Å². The van der Waals surface area contributed by atoms with Crippen LogP contribution in [0.2, 0.25) is 0 Å². The van der Waals surface area contributed by atoms with Gasteiger partial charge in [0.2, 0.25) is 5.91 Å². The van der Waals surface area contributed by atoms with Gasteiger partial charge in [0.15, 0.2) is 0 Å². The summed E-state index contributed by atoms with van der Waals surface area (Å²) in [6, 6.07) is 2.86. The molecule has 0 spiro atoms. The zero-order valence-electron chi connectivity index (χ0n) is 15.9. The van der Waals surface area contributed by atoms with Crippen LogP contribution in [0.4, 0.5) is 0 Å². The van der Waals surface area contributed by atoms with E-state index in [2.05, 4.69) is 15.7 Å². The zero-order valence-corrected chi connectivity index (χ0v) is 15.9. The van der Waals surface area contributed by atoms with E-state index >= 15 is 0 Å². The van der Waals surface area contributed by atoms with Crippen molar-refractivity contribution >= 4 is 11.8 Å². The standard InChI is InChI=1S/C19H25N5O3/c1-12(16-10-21-23(3)13(16)2)22-17(25)11-24-8-4-5-15(19(24)27)18(26)20-9-14-6-7-14/h4-5,8,10,12,14H,6-7,9,11H2,1-3H3,(H,20,26)(H,22,25). The fraction of sp³-hybridized carbons (Fsp3) is 0.474. The molecule has 1 aliphatic rings. The summed E-state index contributed by atoms with van der Waals surface area (Å²) in [5.41, 5.74) is 1.48. The molecule has 8 nitrogen and oxygen atoms in total. The molecule has 2 N–H and O–H groups in total. The Balaban J connectivity index is 1.65. The summed E-state index contributed by atoms with van der Waals surface area (Å²) >= 11 is 0. The third kappa shape index (κ3) is 4.45. The first-order chi connectivity index (χ1) is 12.9. The van der Waals surface area contributed by atoms with Crippen LogP contribution in [-0.2, 0) is 18.4 Å². The van der Waals surface area contributed by atoms with Crippen LogP contribution in [0.25, 0.3) is 0 Å². The number of aryl methyl sites for hydroxylation is 1. The highest BCUT2D eigenvalue weighted by Crippen LogP contribution is 2.27. The molecule has 2 heterocycles. The fourth-order valence-electron chi connectivity index (χ4n) is 2.95. The van der Waals surface area contributed by atoms with Gasteiger partial charge < -0.3 is 15.2 Å². The number of aromatic nitrogens is 3. The van der Waals surface area contributed by atoms with E-state index in [-0.39, 0.29) is 30.0 Å². The molecule has 0 aromatic carbocycles. The molecule has 1 saturated carbocycles. The third-order valence-electron chi connectivity index (χ3n) is 4.94. The Morgan fingerprint density at radius 1 is 1.37 bits per heavy atom. The average Bonchev–Trinajstić information content (AvgIpc) is 3.39. The van der Waals surface area contributed by atoms with Crippen molar-refractivity contribution in [3.05, 3.63) is 51.7 Å². The Labute approximate surface area is 157 Å². The van der Waals surface area contributed by atoms with Crippen LogP contribution in [0.1, 0.15) is 47.4 Å².